The number of nitrogens with one attached hydrogen (secondary N) is 2. The van der Waals surface area contributed by atoms with Gasteiger partial charge in [-0.25, -0.2) is 18.1 Å². The average molecular weight is 640 g/mol. The number of nitrogens with zero attached hydrogens (tertiary/aromatic N) is 4. The topological polar surface area (TPSA) is 100 Å². The normalized spacial score (nSPS) is 17.1. The highest BCUT2D eigenvalue weighted by Crippen LogP contribution is 2.30. The second-order valence-corrected chi connectivity index (χ2v) is 13.1. The van der Waals surface area contributed by atoms with E-state index in [2.05, 4.69) is 49.0 Å². The number of rotatable bonds is 11. The molecule has 0 aliphatic heterocycles. The van der Waals surface area contributed by atoms with Crippen molar-refractivity contribution in [2.45, 2.75) is 44.4 Å². The predicted octanol–water partition coefficient (Wildman–Crippen LogP) is 6.30. The highest BCUT2D eigenvalue weighted by molar-refractivity contribution is 9.10. The molecule has 1 aliphatic carbocycles. The molecule has 5 rings (SSSR count). The van der Waals surface area contributed by atoms with Crippen molar-refractivity contribution >= 4 is 48.6 Å². The van der Waals surface area contributed by atoms with Crippen LogP contribution in [0.1, 0.15) is 38.8 Å². The molecular formula is C31H39BrN6O2S. The first-order valence-electron chi connectivity index (χ1n) is 13.7. The van der Waals surface area contributed by atoms with Crippen molar-refractivity contribution in [2.75, 3.05) is 36.9 Å². The van der Waals surface area contributed by atoms with Gasteiger partial charge in [0.15, 0.2) is 0 Å². The molecule has 0 spiro atoms. The van der Waals surface area contributed by atoms with E-state index in [1.54, 1.807) is 24.3 Å². The number of para-hydroxylation sites is 1. The van der Waals surface area contributed by atoms with E-state index in [-0.39, 0.29) is 7.43 Å². The molecule has 218 valence electrons. The molecule has 10 heteroatoms. The Bertz CT molecular complexity index is 1510. The van der Waals surface area contributed by atoms with Crippen LogP contribution in [0.4, 0.5) is 11.8 Å². The maximum absolute atomic E-state index is 12.6. The lowest BCUT2D eigenvalue weighted by atomic mass is 9.82. The van der Waals surface area contributed by atoms with E-state index in [1.165, 1.54) is 0 Å². The number of halogens is 1. The summed E-state index contributed by atoms with van der Waals surface area (Å²) >= 11 is 3.35. The van der Waals surface area contributed by atoms with Gasteiger partial charge in [0.1, 0.15) is 5.82 Å². The van der Waals surface area contributed by atoms with E-state index in [0.29, 0.717) is 29.2 Å². The summed E-state index contributed by atoms with van der Waals surface area (Å²) in [6, 6.07) is 20.8. The second-order valence-electron chi connectivity index (χ2n) is 10.5. The second kappa shape index (κ2) is 14.2. The third kappa shape index (κ3) is 8.24. The molecule has 2 N–H and O–H groups in total. The molecular weight excluding hydrogens is 600 g/mol. The first-order valence-corrected chi connectivity index (χ1v) is 16.0. The molecule has 0 saturated heterocycles. The van der Waals surface area contributed by atoms with Crippen molar-refractivity contribution in [2.24, 2.45) is 11.8 Å². The Labute approximate surface area is 252 Å². The Balaban J connectivity index is 0.00000387. The van der Waals surface area contributed by atoms with Gasteiger partial charge in [-0.15, -0.1) is 0 Å². The molecule has 1 aliphatic rings. The largest absolute Gasteiger partial charge is 0.359 e. The fourth-order valence-corrected chi connectivity index (χ4v) is 6.54. The molecule has 0 radical (unpaired) electrons. The molecule has 2 heterocycles. The fraction of sp³-hybridized carbons (Fsp3) is 0.387. The van der Waals surface area contributed by atoms with Gasteiger partial charge in [-0.05, 0) is 86.1 Å². The maximum atomic E-state index is 12.6. The van der Waals surface area contributed by atoms with Crippen molar-refractivity contribution < 1.29 is 8.42 Å². The third-order valence-electron chi connectivity index (χ3n) is 7.58. The number of fused-ring (bicyclic) bond motifs is 1. The third-order valence-corrected chi connectivity index (χ3v) is 9.54. The monoisotopic (exact) mass is 638 g/mol. The number of benzene rings is 2. The molecule has 1 fully saturated rings. The Morgan fingerprint density at radius 1 is 0.902 bits per heavy atom. The summed E-state index contributed by atoms with van der Waals surface area (Å²) in [5.74, 6) is 2.39. The Morgan fingerprint density at radius 3 is 2.29 bits per heavy atom. The minimum Gasteiger partial charge on any atom is -0.359 e. The molecule has 8 nitrogen and oxygen atoms in total. The Hall–Kier alpha value is -3.08. The zero-order chi connectivity index (χ0) is 28.0. The summed E-state index contributed by atoms with van der Waals surface area (Å²) in [6.07, 6.45) is 6.74. The number of aromatic nitrogens is 3. The molecule has 41 heavy (non-hydrogen) atoms. The maximum Gasteiger partial charge on any atom is 0.240 e. The summed E-state index contributed by atoms with van der Waals surface area (Å²) in [5, 5.41) is 4.53. The van der Waals surface area contributed by atoms with Crippen LogP contribution in [0.2, 0.25) is 0 Å². The van der Waals surface area contributed by atoms with Crippen LogP contribution < -0.4 is 14.9 Å². The summed E-state index contributed by atoms with van der Waals surface area (Å²) in [7, 11) is -1.43. The summed E-state index contributed by atoms with van der Waals surface area (Å²) in [6.45, 7) is 2.07. The molecule has 1 saturated carbocycles. The van der Waals surface area contributed by atoms with Gasteiger partial charge in [0, 0.05) is 54.9 Å². The van der Waals surface area contributed by atoms with Crippen molar-refractivity contribution in [3.8, 4) is 0 Å². The van der Waals surface area contributed by atoms with Crippen molar-refractivity contribution in [1.82, 2.24) is 19.7 Å². The molecule has 2 aromatic heterocycles. The van der Waals surface area contributed by atoms with E-state index in [4.69, 9.17) is 9.97 Å². The number of hydrogen-bond acceptors (Lipinski definition) is 7. The number of anilines is 2. The molecule has 0 amide bonds. The Kier molecular flexibility index (Phi) is 10.7. The molecule has 2 aromatic carbocycles. The van der Waals surface area contributed by atoms with Crippen LogP contribution >= 0.6 is 15.9 Å². The number of pyridine rings is 1. The highest BCUT2D eigenvalue weighted by atomic mass is 79.9. The van der Waals surface area contributed by atoms with Crippen molar-refractivity contribution in [3.63, 3.8) is 0 Å². The van der Waals surface area contributed by atoms with Crippen LogP contribution in [0.15, 0.2) is 82.3 Å². The molecule has 4 aromatic rings. The number of likely N-dealkylation sites (N-methyl/N-ethyl adjacent to an activating group) is 1. The SMILES string of the molecule is C.CN(CCc1ccccn1)c1nc(NCC2CCC(CNS(=O)(=O)c3ccc(Br)cc3)CC2)nc2ccccc12. The van der Waals surface area contributed by atoms with Gasteiger partial charge < -0.3 is 10.2 Å². The predicted molar refractivity (Wildman–Crippen MR) is 171 cm³/mol. The molecule has 0 atom stereocenters. The van der Waals surface area contributed by atoms with Crippen LogP contribution in [0.25, 0.3) is 10.9 Å². The zero-order valence-corrected chi connectivity index (χ0v) is 25.0. The van der Waals surface area contributed by atoms with E-state index >= 15 is 0 Å². The molecule has 0 bridgehead atoms. The van der Waals surface area contributed by atoms with Gasteiger partial charge in [-0.1, -0.05) is 41.6 Å². The fourth-order valence-electron chi connectivity index (χ4n) is 5.16. The minimum absolute atomic E-state index is 0. The van der Waals surface area contributed by atoms with Gasteiger partial charge in [-0.3, -0.25) is 4.98 Å². The lowest BCUT2D eigenvalue weighted by Crippen LogP contribution is -2.32. The quantitative estimate of drug-likeness (QED) is 0.199. The van der Waals surface area contributed by atoms with E-state index < -0.39 is 10.0 Å². The van der Waals surface area contributed by atoms with Crippen LogP contribution in [0.3, 0.4) is 0 Å². The van der Waals surface area contributed by atoms with Gasteiger partial charge in [0.05, 0.1) is 10.4 Å². The number of hydrogen-bond donors (Lipinski definition) is 2. The van der Waals surface area contributed by atoms with Crippen molar-refractivity contribution in [3.05, 3.63) is 83.1 Å². The van der Waals surface area contributed by atoms with Gasteiger partial charge in [0.2, 0.25) is 16.0 Å². The highest BCUT2D eigenvalue weighted by Gasteiger charge is 2.24. The molecule has 0 unspecified atom stereocenters. The lowest BCUT2D eigenvalue weighted by Gasteiger charge is -2.29. The minimum atomic E-state index is -3.49. The van der Waals surface area contributed by atoms with Gasteiger partial charge in [-0.2, -0.15) is 4.98 Å². The van der Waals surface area contributed by atoms with Crippen LogP contribution in [0, 0.1) is 11.8 Å². The average Bonchev–Trinajstić information content (AvgIpc) is 2.98. The van der Waals surface area contributed by atoms with E-state index in [1.807, 2.05) is 42.6 Å². The zero-order valence-electron chi connectivity index (χ0n) is 22.6. The van der Waals surface area contributed by atoms with Crippen LogP contribution in [0.5, 0.6) is 0 Å². The van der Waals surface area contributed by atoms with E-state index in [0.717, 1.165) is 72.1 Å². The summed E-state index contributed by atoms with van der Waals surface area (Å²) in [4.78, 5) is 16.6. The van der Waals surface area contributed by atoms with Crippen LogP contribution in [-0.4, -0.2) is 50.1 Å². The van der Waals surface area contributed by atoms with Gasteiger partial charge in [0.25, 0.3) is 0 Å². The first kappa shape index (κ1) is 30.9. The smallest absolute Gasteiger partial charge is 0.240 e. The van der Waals surface area contributed by atoms with E-state index in [9.17, 15) is 8.42 Å². The lowest BCUT2D eigenvalue weighted by molar-refractivity contribution is 0.284. The number of sulfonamides is 1. The Morgan fingerprint density at radius 2 is 1.59 bits per heavy atom. The van der Waals surface area contributed by atoms with Crippen LogP contribution in [-0.2, 0) is 16.4 Å². The first-order chi connectivity index (χ1) is 19.4. The standard InChI is InChI=1S/C30H35BrN6O2S.CH4/c1-37(19-17-25-6-4-5-18-32-25)29-27-7-2-3-8-28(27)35-30(36-29)33-20-22-9-11-23(12-10-22)21-34-40(38,39)26-15-13-24(31)14-16-26;/h2-8,13-16,18,22-23,34H,9-12,17,19-21H2,1H3,(H,33,35,36);1H4. The van der Waals surface area contributed by atoms with Crippen molar-refractivity contribution in [1.29, 1.82) is 0 Å². The summed E-state index contributed by atoms with van der Waals surface area (Å²) in [5.41, 5.74) is 1.98. The summed E-state index contributed by atoms with van der Waals surface area (Å²) < 4.78 is 28.9. The van der Waals surface area contributed by atoms with Gasteiger partial charge >= 0.3 is 0 Å².